The maximum atomic E-state index is 9.91. The minimum absolute atomic E-state index is 0.202. The number of aromatic hydroxyl groups is 2. The second-order valence-electron chi connectivity index (χ2n) is 7.89. The molecule has 0 bridgehead atoms. The number of phenols is 2. The van der Waals surface area contributed by atoms with Gasteiger partial charge in [-0.25, -0.2) is 0 Å². The Hall–Kier alpha value is -2.70. The molecule has 2 fully saturated rings. The van der Waals surface area contributed by atoms with Gasteiger partial charge >= 0.3 is 0 Å². The molecule has 0 unspecified atom stereocenters. The largest absolute Gasteiger partial charge is 0.507 e. The van der Waals surface area contributed by atoms with Crippen molar-refractivity contribution in [2.24, 2.45) is 9.98 Å². The van der Waals surface area contributed by atoms with Crippen LogP contribution < -0.4 is 0 Å². The van der Waals surface area contributed by atoms with Crippen molar-refractivity contribution in [2.45, 2.75) is 50.1 Å². The third kappa shape index (κ3) is 4.89. The fourth-order valence-electron chi connectivity index (χ4n) is 4.07. The van der Waals surface area contributed by atoms with Crippen molar-refractivity contribution in [3.8, 4) is 11.5 Å². The number of para-hydroxylation sites is 2. The highest BCUT2D eigenvalue weighted by Crippen LogP contribution is 2.40. The maximum absolute atomic E-state index is 9.91. The Morgan fingerprint density at radius 1 is 0.767 bits per heavy atom. The number of rotatable bonds is 6. The minimum Gasteiger partial charge on any atom is -0.507 e. The Balaban J connectivity index is 1.44. The molecule has 2 aromatic rings. The first-order valence-electron chi connectivity index (χ1n) is 10.6. The Bertz CT molecular complexity index is 838. The van der Waals surface area contributed by atoms with Crippen molar-refractivity contribution in [3.05, 3.63) is 59.7 Å². The van der Waals surface area contributed by atoms with Crippen LogP contribution in [0.25, 0.3) is 0 Å². The number of hydrogen-bond donors (Lipinski definition) is 2. The molecule has 0 amide bonds. The van der Waals surface area contributed by atoms with Crippen molar-refractivity contribution in [3.63, 3.8) is 0 Å². The number of benzene rings is 2. The maximum Gasteiger partial charge on any atom is 0.169 e. The molecule has 2 aliphatic rings. The van der Waals surface area contributed by atoms with E-state index in [2.05, 4.69) is 9.98 Å². The highest BCUT2D eigenvalue weighted by atomic mass is 16.8. The van der Waals surface area contributed by atoms with Crippen molar-refractivity contribution in [1.29, 1.82) is 0 Å². The molecule has 4 rings (SSSR count). The van der Waals surface area contributed by atoms with E-state index >= 15 is 0 Å². The van der Waals surface area contributed by atoms with E-state index < -0.39 is 5.79 Å². The number of aliphatic imine (C=N–C) groups is 2. The Kier molecular flexibility index (Phi) is 6.45. The predicted molar refractivity (Wildman–Crippen MR) is 117 cm³/mol. The quantitative estimate of drug-likeness (QED) is 0.706. The van der Waals surface area contributed by atoms with Crippen molar-refractivity contribution < 1.29 is 19.7 Å². The normalized spacial score (nSPS) is 23.6. The monoisotopic (exact) mass is 408 g/mol. The summed E-state index contributed by atoms with van der Waals surface area (Å²) in [7, 11) is 0. The van der Waals surface area contributed by atoms with Crippen LogP contribution >= 0.6 is 0 Å². The summed E-state index contributed by atoms with van der Waals surface area (Å²) in [6.07, 6.45) is 8.14. The molecule has 1 saturated heterocycles. The summed E-state index contributed by atoms with van der Waals surface area (Å²) >= 11 is 0. The Morgan fingerprint density at radius 3 is 1.70 bits per heavy atom. The molecule has 0 radical (unpaired) electrons. The highest BCUT2D eigenvalue weighted by molar-refractivity contribution is 5.83. The van der Waals surface area contributed by atoms with Gasteiger partial charge in [-0.05, 0) is 37.1 Å². The smallest absolute Gasteiger partial charge is 0.169 e. The summed E-state index contributed by atoms with van der Waals surface area (Å²) in [5.41, 5.74) is 1.36. The molecule has 2 atom stereocenters. The molecule has 1 spiro atoms. The van der Waals surface area contributed by atoms with Gasteiger partial charge in [0.05, 0.1) is 13.1 Å². The molecule has 6 nitrogen and oxygen atoms in total. The summed E-state index contributed by atoms with van der Waals surface area (Å²) < 4.78 is 12.8. The second-order valence-corrected chi connectivity index (χ2v) is 7.89. The van der Waals surface area contributed by atoms with Gasteiger partial charge in [0.2, 0.25) is 0 Å². The SMILES string of the molecule is Oc1ccccc1C=NC[C@H]1OC2(CCCCC2)O[C@@H]1CN=Cc1ccccc1O. The molecule has 2 N–H and O–H groups in total. The Labute approximate surface area is 176 Å². The molecule has 158 valence electrons. The number of nitrogens with zero attached hydrogens (tertiary/aromatic N) is 2. The third-order valence-electron chi connectivity index (χ3n) is 5.67. The van der Waals surface area contributed by atoms with E-state index in [1.807, 2.05) is 24.3 Å². The van der Waals surface area contributed by atoms with Gasteiger partial charge < -0.3 is 19.7 Å². The third-order valence-corrected chi connectivity index (χ3v) is 5.67. The number of ether oxygens (including phenoxy) is 2. The van der Waals surface area contributed by atoms with E-state index in [9.17, 15) is 10.2 Å². The van der Waals surface area contributed by atoms with Crippen LogP contribution in [0.15, 0.2) is 58.5 Å². The van der Waals surface area contributed by atoms with Crippen LogP contribution in [-0.4, -0.2) is 53.7 Å². The fraction of sp³-hybridized carbons (Fsp3) is 0.417. The summed E-state index contributed by atoms with van der Waals surface area (Å²) in [4.78, 5) is 9.02. The van der Waals surface area contributed by atoms with E-state index in [0.717, 1.165) is 25.7 Å². The lowest BCUT2D eigenvalue weighted by atomic mass is 9.94. The standard InChI is InChI=1S/C24H28N2O4/c27-20-10-4-2-8-18(20)14-25-16-22-23(30-24(29-22)12-6-1-7-13-24)17-26-15-19-9-3-5-11-21(19)28/h2-5,8-11,14-15,22-23,27-28H,1,6-7,12-13,16-17H2/t22-,23-/m1/s1. The topological polar surface area (TPSA) is 83.6 Å². The lowest BCUT2D eigenvalue weighted by molar-refractivity contribution is -0.192. The van der Waals surface area contributed by atoms with Gasteiger partial charge in [-0.15, -0.1) is 0 Å². The zero-order valence-electron chi connectivity index (χ0n) is 17.0. The van der Waals surface area contributed by atoms with Crippen LogP contribution in [-0.2, 0) is 9.47 Å². The van der Waals surface area contributed by atoms with Gasteiger partial charge in [0.25, 0.3) is 0 Å². The molecule has 1 saturated carbocycles. The molecule has 6 heteroatoms. The van der Waals surface area contributed by atoms with Gasteiger partial charge in [0, 0.05) is 36.4 Å². The number of phenolic OH excluding ortho intramolecular Hbond substituents is 2. The van der Waals surface area contributed by atoms with Crippen LogP contribution in [0.4, 0.5) is 0 Å². The molecule has 1 heterocycles. The van der Waals surface area contributed by atoms with Crippen LogP contribution in [0.2, 0.25) is 0 Å². The molecule has 0 aromatic heterocycles. The molecule has 2 aromatic carbocycles. The van der Waals surface area contributed by atoms with Crippen LogP contribution in [0.1, 0.15) is 43.2 Å². The van der Waals surface area contributed by atoms with E-state index in [4.69, 9.17) is 9.47 Å². The van der Waals surface area contributed by atoms with Gasteiger partial charge in [-0.1, -0.05) is 30.7 Å². The number of hydrogen-bond acceptors (Lipinski definition) is 6. The summed E-state index contributed by atoms with van der Waals surface area (Å²) in [6.45, 7) is 0.875. The molecular weight excluding hydrogens is 380 g/mol. The van der Waals surface area contributed by atoms with Crippen molar-refractivity contribution in [1.82, 2.24) is 0 Å². The van der Waals surface area contributed by atoms with Gasteiger partial charge in [0.1, 0.15) is 23.7 Å². The predicted octanol–water partition coefficient (Wildman–Crippen LogP) is 4.08. The molecular formula is C24H28N2O4. The average Bonchev–Trinajstić information content (AvgIpc) is 3.08. The van der Waals surface area contributed by atoms with Crippen LogP contribution in [0.5, 0.6) is 11.5 Å². The molecule has 1 aliphatic heterocycles. The zero-order chi connectivity index (χ0) is 20.8. The summed E-state index contributed by atoms with van der Waals surface area (Å²) in [5.74, 6) is -0.114. The van der Waals surface area contributed by atoms with Gasteiger partial charge in [0.15, 0.2) is 5.79 Å². The molecule has 30 heavy (non-hydrogen) atoms. The Morgan fingerprint density at radius 2 is 1.23 bits per heavy atom. The lowest BCUT2D eigenvalue weighted by Gasteiger charge is -2.31. The van der Waals surface area contributed by atoms with Crippen molar-refractivity contribution in [2.75, 3.05) is 13.1 Å². The van der Waals surface area contributed by atoms with Gasteiger partial charge in [-0.3, -0.25) is 9.98 Å². The average molecular weight is 408 g/mol. The lowest BCUT2D eigenvalue weighted by Crippen LogP contribution is -2.33. The first kappa shape index (κ1) is 20.6. The second kappa shape index (κ2) is 9.41. The van der Waals surface area contributed by atoms with E-state index in [-0.39, 0.29) is 23.7 Å². The molecule has 1 aliphatic carbocycles. The zero-order valence-corrected chi connectivity index (χ0v) is 17.0. The van der Waals surface area contributed by atoms with Crippen LogP contribution in [0.3, 0.4) is 0 Å². The van der Waals surface area contributed by atoms with Crippen LogP contribution in [0, 0.1) is 0 Å². The first-order chi connectivity index (χ1) is 14.7. The van der Waals surface area contributed by atoms with Gasteiger partial charge in [-0.2, -0.15) is 0 Å². The fourth-order valence-corrected chi connectivity index (χ4v) is 4.07. The van der Waals surface area contributed by atoms with E-state index in [0.29, 0.717) is 24.2 Å². The first-order valence-corrected chi connectivity index (χ1v) is 10.6. The van der Waals surface area contributed by atoms with E-state index in [1.54, 1.807) is 36.7 Å². The highest BCUT2D eigenvalue weighted by Gasteiger charge is 2.47. The van der Waals surface area contributed by atoms with Crippen molar-refractivity contribution >= 4 is 12.4 Å². The van der Waals surface area contributed by atoms with E-state index in [1.165, 1.54) is 6.42 Å². The summed E-state index contributed by atoms with van der Waals surface area (Å²) in [6, 6.07) is 14.2. The minimum atomic E-state index is -0.525. The summed E-state index contributed by atoms with van der Waals surface area (Å²) in [5, 5.41) is 19.8.